The van der Waals surface area contributed by atoms with Crippen molar-refractivity contribution in [2.45, 2.75) is 39.3 Å². The largest absolute Gasteiger partial charge is 0.310 e. The Kier molecular flexibility index (Phi) is 2.98. The van der Waals surface area contributed by atoms with Crippen molar-refractivity contribution in [1.82, 2.24) is 5.32 Å². The molecule has 1 aromatic carbocycles. The van der Waals surface area contributed by atoms with Crippen molar-refractivity contribution in [3.05, 3.63) is 35.4 Å². The minimum absolute atomic E-state index is 0.372. The van der Waals surface area contributed by atoms with Gasteiger partial charge in [0, 0.05) is 24.2 Å². The van der Waals surface area contributed by atoms with Gasteiger partial charge >= 0.3 is 0 Å². The van der Waals surface area contributed by atoms with Gasteiger partial charge in [0.25, 0.3) is 0 Å². The van der Waals surface area contributed by atoms with E-state index in [0.717, 1.165) is 6.07 Å². The van der Waals surface area contributed by atoms with Crippen LogP contribution in [-0.2, 0) is 6.54 Å². The third-order valence-corrected chi connectivity index (χ3v) is 3.70. The average Bonchev–Trinajstić information content (AvgIpc) is 2.96. The normalized spacial score (nSPS) is 19.5. The lowest BCUT2D eigenvalue weighted by Crippen LogP contribution is -2.33. The zero-order valence-electron chi connectivity index (χ0n) is 9.69. The van der Waals surface area contributed by atoms with Gasteiger partial charge in [0.2, 0.25) is 0 Å². The molecule has 3 heteroatoms. The summed E-state index contributed by atoms with van der Waals surface area (Å²) in [6.07, 6.45) is 2.46. The maximum absolute atomic E-state index is 13.3. The summed E-state index contributed by atoms with van der Waals surface area (Å²) in [5.74, 6) is -0.996. The predicted octanol–water partition coefficient (Wildman–Crippen LogP) is 3.24. The molecule has 0 bridgehead atoms. The van der Waals surface area contributed by atoms with Crippen molar-refractivity contribution in [3.8, 4) is 0 Å². The Balaban J connectivity index is 1.94. The van der Waals surface area contributed by atoms with Gasteiger partial charge in [-0.05, 0) is 31.2 Å². The number of hydrogen-bond donors (Lipinski definition) is 1. The Morgan fingerprint density at radius 1 is 1.38 bits per heavy atom. The number of nitrogens with one attached hydrogen (secondary N) is 1. The predicted molar refractivity (Wildman–Crippen MR) is 60.0 cm³/mol. The first-order chi connectivity index (χ1) is 7.51. The second-order valence-corrected chi connectivity index (χ2v) is 4.99. The van der Waals surface area contributed by atoms with E-state index in [9.17, 15) is 8.78 Å². The SMILES string of the molecule is CC(NCc1ccc(F)cc1F)C1(C)CC1. The molecule has 0 radical (unpaired) electrons. The maximum atomic E-state index is 13.3. The van der Waals surface area contributed by atoms with Crippen LogP contribution < -0.4 is 5.32 Å². The molecular formula is C13H17F2N. The monoisotopic (exact) mass is 225 g/mol. The van der Waals surface area contributed by atoms with Crippen molar-refractivity contribution in [3.63, 3.8) is 0 Å². The first-order valence-electron chi connectivity index (χ1n) is 5.68. The molecule has 1 nitrogen and oxygen atoms in total. The van der Waals surface area contributed by atoms with E-state index < -0.39 is 11.6 Å². The van der Waals surface area contributed by atoms with Gasteiger partial charge in [-0.3, -0.25) is 0 Å². The molecule has 0 aromatic heterocycles. The number of halogens is 2. The second kappa shape index (κ2) is 4.13. The van der Waals surface area contributed by atoms with Crippen LogP contribution in [0, 0.1) is 17.0 Å². The van der Waals surface area contributed by atoms with Crippen LogP contribution in [0.3, 0.4) is 0 Å². The third-order valence-electron chi connectivity index (χ3n) is 3.70. The highest BCUT2D eigenvalue weighted by Gasteiger charge is 2.42. The van der Waals surface area contributed by atoms with E-state index in [2.05, 4.69) is 19.2 Å². The molecule has 0 amide bonds. The van der Waals surface area contributed by atoms with Crippen LogP contribution in [0.5, 0.6) is 0 Å². The summed E-state index contributed by atoms with van der Waals surface area (Å²) in [5, 5.41) is 3.30. The fraction of sp³-hybridized carbons (Fsp3) is 0.538. The minimum atomic E-state index is -0.525. The third kappa shape index (κ3) is 2.40. The first kappa shape index (κ1) is 11.5. The molecule has 1 aliphatic carbocycles. The Bertz CT molecular complexity index is 386. The zero-order valence-corrected chi connectivity index (χ0v) is 9.69. The van der Waals surface area contributed by atoms with Crippen LogP contribution in [0.1, 0.15) is 32.3 Å². The molecule has 0 saturated heterocycles. The maximum Gasteiger partial charge on any atom is 0.130 e. The fourth-order valence-electron chi connectivity index (χ4n) is 1.80. The molecule has 88 valence electrons. The van der Waals surface area contributed by atoms with E-state index >= 15 is 0 Å². The molecule has 1 aliphatic rings. The Labute approximate surface area is 94.9 Å². The van der Waals surface area contributed by atoms with E-state index in [1.54, 1.807) is 0 Å². The lowest BCUT2D eigenvalue weighted by molar-refractivity contribution is 0.377. The molecule has 16 heavy (non-hydrogen) atoms. The summed E-state index contributed by atoms with van der Waals surface area (Å²) in [6.45, 7) is 4.81. The summed E-state index contributed by atoms with van der Waals surface area (Å²) in [5.41, 5.74) is 0.897. The molecule has 1 N–H and O–H groups in total. The van der Waals surface area contributed by atoms with Crippen LogP contribution >= 0.6 is 0 Å². The van der Waals surface area contributed by atoms with Crippen molar-refractivity contribution in [2.75, 3.05) is 0 Å². The molecule has 1 fully saturated rings. The second-order valence-electron chi connectivity index (χ2n) is 4.99. The Morgan fingerprint density at radius 2 is 2.06 bits per heavy atom. The summed E-state index contributed by atoms with van der Waals surface area (Å²) < 4.78 is 26.0. The Morgan fingerprint density at radius 3 is 2.62 bits per heavy atom. The van der Waals surface area contributed by atoms with Gasteiger partial charge in [-0.1, -0.05) is 13.0 Å². The lowest BCUT2D eigenvalue weighted by atomic mass is 10.0. The van der Waals surface area contributed by atoms with Crippen molar-refractivity contribution >= 4 is 0 Å². The molecule has 0 heterocycles. The number of rotatable bonds is 4. The van der Waals surface area contributed by atoms with Gasteiger partial charge in [-0.2, -0.15) is 0 Å². The first-order valence-corrected chi connectivity index (χ1v) is 5.68. The van der Waals surface area contributed by atoms with Gasteiger partial charge in [0.1, 0.15) is 11.6 Å². The van der Waals surface area contributed by atoms with E-state index in [-0.39, 0.29) is 0 Å². The van der Waals surface area contributed by atoms with Crippen molar-refractivity contribution in [1.29, 1.82) is 0 Å². The van der Waals surface area contributed by atoms with Gasteiger partial charge in [-0.15, -0.1) is 0 Å². The Hall–Kier alpha value is -0.960. The molecule has 0 spiro atoms. The highest BCUT2D eigenvalue weighted by Crippen LogP contribution is 2.47. The average molecular weight is 225 g/mol. The van der Waals surface area contributed by atoms with E-state index in [1.165, 1.54) is 25.0 Å². The van der Waals surface area contributed by atoms with Gasteiger partial charge in [-0.25, -0.2) is 8.78 Å². The molecule has 1 saturated carbocycles. The molecule has 1 unspecified atom stereocenters. The van der Waals surface area contributed by atoms with Crippen LogP contribution in [0.4, 0.5) is 8.78 Å². The number of benzene rings is 1. The summed E-state index contributed by atoms with van der Waals surface area (Å²) in [4.78, 5) is 0. The van der Waals surface area contributed by atoms with Crippen molar-refractivity contribution < 1.29 is 8.78 Å². The van der Waals surface area contributed by atoms with Gasteiger partial charge in [0.05, 0.1) is 0 Å². The fourth-order valence-corrected chi connectivity index (χ4v) is 1.80. The molecule has 0 aliphatic heterocycles. The van der Waals surface area contributed by atoms with Gasteiger partial charge in [0.15, 0.2) is 0 Å². The topological polar surface area (TPSA) is 12.0 Å². The highest BCUT2D eigenvalue weighted by molar-refractivity contribution is 5.18. The van der Waals surface area contributed by atoms with Crippen LogP contribution in [0.15, 0.2) is 18.2 Å². The smallest absolute Gasteiger partial charge is 0.130 e. The zero-order chi connectivity index (χ0) is 11.8. The molecule has 1 aromatic rings. The summed E-state index contributed by atoms with van der Waals surface area (Å²) >= 11 is 0. The quantitative estimate of drug-likeness (QED) is 0.829. The highest BCUT2D eigenvalue weighted by atomic mass is 19.1. The summed E-state index contributed by atoms with van der Waals surface area (Å²) in [6, 6.07) is 4.10. The van der Waals surface area contributed by atoms with E-state index in [1.807, 2.05) is 0 Å². The summed E-state index contributed by atoms with van der Waals surface area (Å²) in [7, 11) is 0. The van der Waals surface area contributed by atoms with E-state index in [4.69, 9.17) is 0 Å². The van der Waals surface area contributed by atoms with E-state index in [0.29, 0.717) is 23.6 Å². The molecule has 2 rings (SSSR count). The van der Waals surface area contributed by atoms with Crippen molar-refractivity contribution in [2.24, 2.45) is 5.41 Å². The van der Waals surface area contributed by atoms with Crippen LogP contribution in [0.2, 0.25) is 0 Å². The van der Waals surface area contributed by atoms with Crippen LogP contribution in [-0.4, -0.2) is 6.04 Å². The molecular weight excluding hydrogens is 208 g/mol. The standard InChI is InChI=1S/C13H17F2N/c1-9(13(2)5-6-13)16-8-10-3-4-11(14)7-12(10)15/h3-4,7,9,16H,5-6,8H2,1-2H3. The van der Waals surface area contributed by atoms with Crippen LogP contribution in [0.25, 0.3) is 0 Å². The van der Waals surface area contributed by atoms with Gasteiger partial charge < -0.3 is 5.32 Å². The molecule has 1 atom stereocenters. The number of hydrogen-bond acceptors (Lipinski definition) is 1. The minimum Gasteiger partial charge on any atom is -0.310 e. The lowest BCUT2D eigenvalue weighted by Gasteiger charge is -2.20.